The molecule has 2 fully saturated rings. The Balaban J connectivity index is 1.50. The first kappa shape index (κ1) is 23.7. The van der Waals surface area contributed by atoms with E-state index in [4.69, 9.17) is 4.98 Å². The minimum absolute atomic E-state index is 0.118. The lowest BCUT2D eigenvalue weighted by Crippen LogP contribution is -2.38. The van der Waals surface area contributed by atoms with Crippen molar-refractivity contribution in [2.75, 3.05) is 11.9 Å². The number of benzene rings is 1. The number of nitrogens with one attached hydrogen (secondary N) is 2. The lowest BCUT2D eigenvalue weighted by molar-refractivity contribution is 0.120. The molecule has 0 amide bonds. The van der Waals surface area contributed by atoms with Gasteiger partial charge in [-0.15, -0.1) is 0 Å². The van der Waals surface area contributed by atoms with Crippen molar-refractivity contribution in [2.24, 2.45) is 5.92 Å². The van der Waals surface area contributed by atoms with E-state index in [1.807, 2.05) is 26.0 Å². The highest BCUT2D eigenvalue weighted by molar-refractivity contribution is 7.89. The largest absolute Gasteiger partial charge is 0.393 e. The van der Waals surface area contributed by atoms with Crippen molar-refractivity contribution in [1.29, 1.82) is 0 Å². The number of aliphatic hydroxyl groups excluding tert-OH is 1. The van der Waals surface area contributed by atoms with E-state index in [9.17, 15) is 13.5 Å². The van der Waals surface area contributed by atoms with Gasteiger partial charge in [0.25, 0.3) is 0 Å². The molecule has 176 valence electrons. The summed E-state index contributed by atoms with van der Waals surface area (Å²) in [5.74, 6) is 0.722. The van der Waals surface area contributed by atoms with E-state index in [1.54, 1.807) is 17.4 Å². The molecule has 0 aliphatic heterocycles. The molecule has 2 saturated carbocycles. The molecule has 6 nitrogen and oxygen atoms in total. The van der Waals surface area contributed by atoms with Crippen LogP contribution in [0.3, 0.4) is 0 Å². The molecule has 1 heterocycles. The second-order valence-electron chi connectivity index (χ2n) is 9.43. The average molecular weight is 478 g/mol. The van der Waals surface area contributed by atoms with Crippen LogP contribution in [-0.4, -0.2) is 37.2 Å². The van der Waals surface area contributed by atoms with Crippen molar-refractivity contribution < 1.29 is 13.5 Å². The lowest BCUT2D eigenvalue weighted by Gasteiger charge is -2.26. The van der Waals surface area contributed by atoms with Gasteiger partial charge in [0.1, 0.15) is 0 Å². The summed E-state index contributed by atoms with van der Waals surface area (Å²) in [6.45, 7) is 4.77. The molecule has 1 aromatic heterocycles. The zero-order valence-corrected chi connectivity index (χ0v) is 20.7. The fraction of sp³-hybridized carbons (Fsp3) is 0.625. The minimum atomic E-state index is -3.63. The van der Waals surface area contributed by atoms with Crippen LogP contribution < -0.4 is 10.0 Å². The predicted molar refractivity (Wildman–Crippen MR) is 131 cm³/mol. The number of aliphatic hydroxyl groups is 1. The molecule has 32 heavy (non-hydrogen) atoms. The first-order valence-corrected chi connectivity index (χ1v) is 14.1. The fourth-order valence-corrected chi connectivity index (χ4v) is 7.42. The summed E-state index contributed by atoms with van der Waals surface area (Å²) in [6.07, 6.45) is 8.89. The smallest absolute Gasteiger partial charge is 0.241 e. The highest BCUT2D eigenvalue weighted by atomic mass is 32.2. The fourth-order valence-electron chi connectivity index (χ4n) is 4.87. The molecular weight excluding hydrogens is 442 g/mol. The van der Waals surface area contributed by atoms with E-state index in [0.717, 1.165) is 39.3 Å². The Morgan fingerprint density at radius 1 is 1.06 bits per heavy atom. The monoisotopic (exact) mass is 477 g/mol. The Morgan fingerprint density at radius 2 is 1.78 bits per heavy atom. The highest BCUT2D eigenvalue weighted by Gasteiger charge is 2.26. The second-order valence-corrected chi connectivity index (χ2v) is 12.1. The van der Waals surface area contributed by atoms with E-state index in [-0.39, 0.29) is 12.1 Å². The number of sulfonamides is 1. The third-order valence-electron chi connectivity index (χ3n) is 6.82. The van der Waals surface area contributed by atoms with Crippen LogP contribution >= 0.6 is 11.3 Å². The normalized spacial score (nSPS) is 22.7. The number of hydrogen-bond donors (Lipinski definition) is 3. The molecule has 0 spiro atoms. The van der Waals surface area contributed by atoms with E-state index in [2.05, 4.69) is 10.0 Å². The van der Waals surface area contributed by atoms with Crippen LogP contribution in [0, 0.1) is 19.8 Å². The minimum Gasteiger partial charge on any atom is -0.393 e. The molecule has 0 atom stereocenters. The third kappa shape index (κ3) is 5.71. The number of thiazole rings is 1. The number of aryl methyl sites for hydroxylation is 2. The van der Waals surface area contributed by atoms with Crippen LogP contribution in [0.1, 0.15) is 69.0 Å². The SMILES string of the molecule is Cc1ccc(-c2sc(NCC3CCCCC3)nc2C)cc1S(=O)(=O)NC1CCC(O)CC1. The summed E-state index contributed by atoms with van der Waals surface area (Å²) in [4.78, 5) is 6.04. The Kier molecular flexibility index (Phi) is 7.54. The number of nitrogens with zero attached hydrogens (tertiary/aromatic N) is 1. The molecular formula is C24H35N3O3S2. The topological polar surface area (TPSA) is 91.3 Å². The van der Waals surface area contributed by atoms with Crippen LogP contribution in [0.4, 0.5) is 5.13 Å². The van der Waals surface area contributed by atoms with E-state index in [1.165, 1.54) is 32.1 Å². The van der Waals surface area contributed by atoms with E-state index >= 15 is 0 Å². The molecule has 2 aliphatic rings. The lowest BCUT2D eigenvalue weighted by atomic mass is 9.89. The number of anilines is 1. The summed E-state index contributed by atoms with van der Waals surface area (Å²) < 4.78 is 29.2. The summed E-state index contributed by atoms with van der Waals surface area (Å²) >= 11 is 1.60. The van der Waals surface area contributed by atoms with Gasteiger partial charge < -0.3 is 10.4 Å². The third-order valence-corrected chi connectivity index (χ3v) is 9.65. The van der Waals surface area contributed by atoms with Crippen molar-refractivity contribution in [3.63, 3.8) is 0 Å². The average Bonchev–Trinajstić information content (AvgIpc) is 3.15. The van der Waals surface area contributed by atoms with Crippen LogP contribution in [-0.2, 0) is 10.0 Å². The van der Waals surface area contributed by atoms with Crippen molar-refractivity contribution in [1.82, 2.24) is 9.71 Å². The quantitative estimate of drug-likeness (QED) is 0.522. The van der Waals surface area contributed by atoms with Crippen molar-refractivity contribution in [3.05, 3.63) is 29.5 Å². The molecule has 4 rings (SSSR count). The zero-order valence-electron chi connectivity index (χ0n) is 19.1. The molecule has 3 N–H and O–H groups in total. The maximum atomic E-state index is 13.2. The van der Waals surface area contributed by atoms with Crippen molar-refractivity contribution in [2.45, 2.75) is 88.7 Å². The molecule has 2 aromatic rings. The molecule has 0 unspecified atom stereocenters. The van der Waals surface area contributed by atoms with Crippen molar-refractivity contribution >= 4 is 26.5 Å². The zero-order chi connectivity index (χ0) is 22.7. The maximum absolute atomic E-state index is 13.2. The Labute approximate surface area is 195 Å². The standard InChI is InChI=1S/C24H35N3O3S2/c1-16-8-9-19(14-22(16)32(29,30)27-20-10-12-21(28)13-11-20)23-17(2)26-24(31-23)25-15-18-6-4-3-5-7-18/h8-9,14,18,20-21,27-28H,3-7,10-13,15H2,1-2H3,(H,25,26). The first-order chi connectivity index (χ1) is 15.3. The van der Waals surface area contributed by atoms with Gasteiger partial charge in [0, 0.05) is 12.6 Å². The Morgan fingerprint density at radius 3 is 2.50 bits per heavy atom. The highest BCUT2D eigenvalue weighted by Crippen LogP contribution is 2.35. The van der Waals surface area contributed by atoms with E-state index < -0.39 is 10.0 Å². The molecule has 0 saturated heterocycles. The summed E-state index contributed by atoms with van der Waals surface area (Å²) in [5.41, 5.74) is 2.54. The van der Waals surface area contributed by atoms with Gasteiger partial charge >= 0.3 is 0 Å². The van der Waals surface area contributed by atoms with Crippen LogP contribution in [0.15, 0.2) is 23.1 Å². The van der Waals surface area contributed by atoms with Crippen LogP contribution in [0.5, 0.6) is 0 Å². The summed E-state index contributed by atoms with van der Waals surface area (Å²) in [7, 11) is -3.63. The molecule has 1 aromatic carbocycles. The summed E-state index contributed by atoms with van der Waals surface area (Å²) in [6, 6.07) is 5.52. The van der Waals surface area contributed by atoms with Gasteiger partial charge in [-0.1, -0.05) is 42.7 Å². The van der Waals surface area contributed by atoms with Gasteiger partial charge in [-0.25, -0.2) is 18.1 Å². The molecule has 0 bridgehead atoms. The van der Waals surface area contributed by atoms with Gasteiger partial charge in [-0.3, -0.25) is 0 Å². The van der Waals surface area contributed by atoms with Gasteiger partial charge in [0.05, 0.1) is 21.6 Å². The van der Waals surface area contributed by atoms with Crippen molar-refractivity contribution in [3.8, 4) is 10.4 Å². The van der Waals surface area contributed by atoms with Gasteiger partial charge in [0.2, 0.25) is 10.0 Å². The first-order valence-electron chi connectivity index (χ1n) is 11.8. The van der Waals surface area contributed by atoms with Gasteiger partial charge in [-0.2, -0.15) is 0 Å². The van der Waals surface area contributed by atoms with Gasteiger partial charge in [-0.05, 0) is 75.5 Å². The predicted octanol–water partition coefficient (Wildman–Crippen LogP) is 5.00. The maximum Gasteiger partial charge on any atom is 0.241 e. The van der Waals surface area contributed by atoms with E-state index in [0.29, 0.717) is 30.6 Å². The van der Waals surface area contributed by atoms with Crippen LogP contribution in [0.25, 0.3) is 10.4 Å². The molecule has 0 radical (unpaired) electrons. The number of aromatic nitrogens is 1. The Hall–Kier alpha value is -1.48. The number of rotatable bonds is 7. The van der Waals surface area contributed by atoms with Gasteiger partial charge in [0.15, 0.2) is 5.13 Å². The number of hydrogen-bond acceptors (Lipinski definition) is 6. The molecule has 8 heteroatoms. The second kappa shape index (κ2) is 10.2. The van der Waals surface area contributed by atoms with Crippen LogP contribution in [0.2, 0.25) is 0 Å². The Bertz CT molecular complexity index is 1020. The summed E-state index contributed by atoms with van der Waals surface area (Å²) in [5, 5.41) is 14.1. The molecule has 2 aliphatic carbocycles.